The predicted molar refractivity (Wildman–Crippen MR) is 67.9 cm³/mol. The van der Waals surface area contributed by atoms with Crippen molar-refractivity contribution in [1.29, 1.82) is 0 Å². The molecule has 1 aromatic heterocycles. The van der Waals surface area contributed by atoms with Gasteiger partial charge in [-0.1, -0.05) is 0 Å². The van der Waals surface area contributed by atoms with E-state index in [0.717, 1.165) is 26.1 Å². The summed E-state index contributed by atoms with van der Waals surface area (Å²) in [5.41, 5.74) is 0.224. The molecular formula is C12H18N4O2. The number of carboxylic acids is 1. The number of rotatable bonds is 2. The minimum atomic E-state index is -0.954. The second-order valence-electron chi connectivity index (χ2n) is 4.73. The number of aromatic carboxylic acids is 1. The maximum absolute atomic E-state index is 11.2. The molecule has 2 heterocycles. The molecule has 6 heteroatoms. The van der Waals surface area contributed by atoms with Crippen LogP contribution in [0, 0.1) is 0 Å². The van der Waals surface area contributed by atoms with E-state index < -0.39 is 5.97 Å². The average molecular weight is 250 g/mol. The van der Waals surface area contributed by atoms with Gasteiger partial charge in [-0.2, -0.15) is 5.10 Å². The van der Waals surface area contributed by atoms with Crippen LogP contribution in [0.5, 0.6) is 0 Å². The van der Waals surface area contributed by atoms with Crippen LogP contribution in [-0.4, -0.2) is 58.9 Å². The molecule has 0 aromatic carbocycles. The molecule has 1 N–H and O–H groups in total. The number of hydrogen-bond donors (Lipinski definition) is 1. The topological polar surface area (TPSA) is 69.6 Å². The second kappa shape index (κ2) is 5.30. The first-order valence-electron chi connectivity index (χ1n) is 6.09. The Morgan fingerprint density at radius 3 is 3.00 bits per heavy atom. The van der Waals surface area contributed by atoms with Crippen LogP contribution in [0.15, 0.2) is 12.3 Å². The lowest BCUT2D eigenvalue weighted by Crippen LogP contribution is -2.39. The molecule has 0 spiro atoms. The zero-order chi connectivity index (χ0) is 13.1. The monoisotopic (exact) mass is 250 g/mol. The first kappa shape index (κ1) is 12.8. The number of likely N-dealkylation sites (N-methyl/N-ethyl adjacent to an activating group) is 1. The molecule has 0 aliphatic carbocycles. The summed E-state index contributed by atoms with van der Waals surface area (Å²) in [4.78, 5) is 15.5. The molecule has 1 fully saturated rings. The van der Waals surface area contributed by atoms with Crippen LogP contribution in [0.1, 0.15) is 23.7 Å². The maximum atomic E-state index is 11.2. The summed E-state index contributed by atoms with van der Waals surface area (Å²) in [6.07, 6.45) is 2.41. The van der Waals surface area contributed by atoms with E-state index in [9.17, 15) is 9.90 Å². The van der Waals surface area contributed by atoms with Crippen molar-refractivity contribution in [1.82, 2.24) is 15.1 Å². The van der Waals surface area contributed by atoms with Crippen molar-refractivity contribution in [3.8, 4) is 0 Å². The van der Waals surface area contributed by atoms with Crippen molar-refractivity contribution in [2.75, 3.05) is 31.6 Å². The number of anilines is 1. The van der Waals surface area contributed by atoms with Crippen LogP contribution >= 0.6 is 0 Å². The van der Waals surface area contributed by atoms with Gasteiger partial charge in [0.1, 0.15) is 5.56 Å². The highest BCUT2D eigenvalue weighted by Gasteiger charge is 2.25. The van der Waals surface area contributed by atoms with Gasteiger partial charge in [0.05, 0.1) is 6.20 Å². The van der Waals surface area contributed by atoms with E-state index in [-0.39, 0.29) is 11.6 Å². The van der Waals surface area contributed by atoms with Gasteiger partial charge in [-0.15, -0.1) is 5.10 Å². The molecule has 0 bridgehead atoms. The lowest BCUT2D eigenvalue weighted by Gasteiger charge is -2.29. The summed E-state index contributed by atoms with van der Waals surface area (Å²) in [6.45, 7) is 4.81. The molecular weight excluding hydrogens is 232 g/mol. The first-order chi connectivity index (χ1) is 8.59. The summed E-state index contributed by atoms with van der Waals surface area (Å²) < 4.78 is 0. The number of carbonyl (C=O) groups is 1. The molecule has 1 aliphatic rings. The second-order valence-corrected chi connectivity index (χ2v) is 4.73. The molecule has 1 aromatic rings. The van der Waals surface area contributed by atoms with Gasteiger partial charge >= 0.3 is 5.97 Å². The minimum absolute atomic E-state index is 0.224. The van der Waals surface area contributed by atoms with Gasteiger partial charge in [-0.05, 0) is 33.0 Å². The highest BCUT2D eigenvalue weighted by Crippen LogP contribution is 2.21. The Morgan fingerprint density at radius 2 is 2.28 bits per heavy atom. The van der Waals surface area contributed by atoms with E-state index in [2.05, 4.69) is 29.1 Å². The highest BCUT2D eigenvalue weighted by atomic mass is 16.4. The van der Waals surface area contributed by atoms with Crippen LogP contribution in [0.2, 0.25) is 0 Å². The van der Waals surface area contributed by atoms with Crippen LogP contribution in [-0.2, 0) is 0 Å². The summed E-state index contributed by atoms with van der Waals surface area (Å²) >= 11 is 0. The van der Waals surface area contributed by atoms with Crippen molar-refractivity contribution in [3.63, 3.8) is 0 Å². The zero-order valence-corrected chi connectivity index (χ0v) is 10.7. The molecule has 1 atom stereocenters. The predicted octanol–water partition coefficient (Wildman–Crippen LogP) is 0.705. The standard InChI is InChI=1S/C12H18N4O2/c1-9-8-15(2)6-3-7-16(9)11-10(12(17)18)4-5-13-14-11/h4-5,9H,3,6-8H2,1-2H3,(H,17,18). The lowest BCUT2D eigenvalue weighted by atomic mass is 10.2. The fourth-order valence-electron chi connectivity index (χ4n) is 2.39. The lowest BCUT2D eigenvalue weighted by molar-refractivity contribution is 0.0697. The van der Waals surface area contributed by atoms with Crippen molar-refractivity contribution in [3.05, 3.63) is 17.8 Å². The number of nitrogens with zero attached hydrogens (tertiary/aromatic N) is 4. The SMILES string of the molecule is CC1CN(C)CCCN1c1nnccc1C(=O)O. The van der Waals surface area contributed by atoms with Gasteiger partial charge in [0.2, 0.25) is 0 Å². The third-order valence-electron chi connectivity index (χ3n) is 3.25. The molecule has 1 unspecified atom stereocenters. The van der Waals surface area contributed by atoms with E-state index in [0.29, 0.717) is 5.82 Å². The van der Waals surface area contributed by atoms with Crippen LogP contribution in [0.4, 0.5) is 5.82 Å². The Bertz CT molecular complexity index is 438. The van der Waals surface area contributed by atoms with Crippen molar-refractivity contribution >= 4 is 11.8 Å². The van der Waals surface area contributed by atoms with Crippen LogP contribution in [0.25, 0.3) is 0 Å². The molecule has 6 nitrogen and oxygen atoms in total. The zero-order valence-electron chi connectivity index (χ0n) is 10.7. The van der Waals surface area contributed by atoms with E-state index in [4.69, 9.17) is 0 Å². The summed E-state index contributed by atoms with van der Waals surface area (Å²) in [5.74, 6) is -0.475. The summed E-state index contributed by atoms with van der Waals surface area (Å²) in [7, 11) is 2.08. The number of aromatic nitrogens is 2. The smallest absolute Gasteiger partial charge is 0.339 e. The number of carboxylic acid groups (broad SMARTS) is 1. The van der Waals surface area contributed by atoms with E-state index in [1.54, 1.807) is 0 Å². The van der Waals surface area contributed by atoms with Gasteiger partial charge in [0, 0.05) is 19.1 Å². The van der Waals surface area contributed by atoms with Crippen LogP contribution in [0.3, 0.4) is 0 Å². The first-order valence-corrected chi connectivity index (χ1v) is 6.09. The van der Waals surface area contributed by atoms with Gasteiger partial charge in [0.15, 0.2) is 5.82 Å². The van der Waals surface area contributed by atoms with Gasteiger partial charge < -0.3 is 14.9 Å². The minimum Gasteiger partial charge on any atom is -0.478 e. The molecule has 98 valence electrons. The third kappa shape index (κ3) is 2.59. The van der Waals surface area contributed by atoms with E-state index >= 15 is 0 Å². The summed E-state index contributed by atoms with van der Waals surface area (Å²) in [6, 6.07) is 1.73. The normalized spacial score (nSPS) is 21.7. The van der Waals surface area contributed by atoms with E-state index in [1.165, 1.54) is 12.3 Å². The number of hydrogen-bond acceptors (Lipinski definition) is 5. The Labute approximate surface area is 106 Å². The summed E-state index contributed by atoms with van der Waals surface area (Å²) in [5, 5.41) is 17.0. The Balaban J connectivity index is 2.32. The molecule has 0 radical (unpaired) electrons. The van der Waals surface area contributed by atoms with Crippen molar-refractivity contribution < 1.29 is 9.90 Å². The molecule has 18 heavy (non-hydrogen) atoms. The molecule has 1 aliphatic heterocycles. The Hall–Kier alpha value is -1.69. The van der Waals surface area contributed by atoms with Gasteiger partial charge in [0.25, 0.3) is 0 Å². The fraction of sp³-hybridized carbons (Fsp3) is 0.583. The average Bonchev–Trinajstić information content (AvgIpc) is 2.50. The van der Waals surface area contributed by atoms with E-state index in [1.807, 2.05) is 4.90 Å². The molecule has 0 saturated carbocycles. The maximum Gasteiger partial charge on any atom is 0.339 e. The fourth-order valence-corrected chi connectivity index (χ4v) is 2.39. The molecule has 0 amide bonds. The Morgan fingerprint density at radius 1 is 1.50 bits per heavy atom. The highest BCUT2D eigenvalue weighted by molar-refractivity contribution is 5.93. The van der Waals surface area contributed by atoms with Crippen molar-refractivity contribution in [2.24, 2.45) is 0 Å². The van der Waals surface area contributed by atoms with Gasteiger partial charge in [-0.3, -0.25) is 0 Å². The quantitative estimate of drug-likeness (QED) is 0.833. The van der Waals surface area contributed by atoms with Gasteiger partial charge in [-0.25, -0.2) is 4.79 Å². The Kier molecular flexibility index (Phi) is 3.76. The molecule has 1 saturated heterocycles. The molecule has 2 rings (SSSR count). The largest absolute Gasteiger partial charge is 0.478 e. The van der Waals surface area contributed by atoms with Crippen LogP contribution < -0.4 is 4.90 Å². The van der Waals surface area contributed by atoms with Crippen molar-refractivity contribution in [2.45, 2.75) is 19.4 Å². The third-order valence-corrected chi connectivity index (χ3v) is 3.25.